The minimum absolute atomic E-state index is 0.0274. The summed E-state index contributed by atoms with van der Waals surface area (Å²) < 4.78 is 11.3. The van der Waals surface area contributed by atoms with Gasteiger partial charge in [-0.2, -0.15) is 0 Å². The van der Waals surface area contributed by atoms with Gasteiger partial charge in [0, 0.05) is 12.2 Å². The van der Waals surface area contributed by atoms with Crippen LogP contribution in [0.15, 0.2) is 53.3 Å². The number of unbranched alkanes of at least 4 members (excludes halogenated alkanes) is 20. The molecule has 2 rings (SSSR count). The molecule has 0 aliphatic heterocycles. The van der Waals surface area contributed by atoms with Crippen LogP contribution in [0.5, 0.6) is 11.5 Å². The SMILES string of the molecule is CCCCCCCCCCCCCCCCNc1ccc(OC(=O)c2ccc(OCCCCCCCCCC)cc2)c(=O)cc1. The summed E-state index contributed by atoms with van der Waals surface area (Å²) in [6, 6.07) is 13.5. The van der Waals surface area contributed by atoms with Gasteiger partial charge in [0.25, 0.3) is 0 Å². The van der Waals surface area contributed by atoms with Gasteiger partial charge in [-0.3, -0.25) is 4.79 Å². The molecule has 0 amide bonds. The molecule has 0 fully saturated rings. The first-order chi connectivity index (χ1) is 22.1. The van der Waals surface area contributed by atoms with E-state index in [0.29, 0.717) is 12.2 Å². The van der Waals surface area contributed by atoms with E-state index in [2.05, 4.69) is 19.2 Å². The normalized spacial score (nSPS) is 11.0. The Hall–Kier alpha value is -2.82. The lowest BCUT2D eigenvalue weighted by molar-refractivity contribution is 0.0733. The highest BCUT2D eigenvalue weighted by Gasteiger charge is 2.11. The van der Waals surface area contributed by atoms with Crippen LogP contribution in [0, 0.1) is 0 Å². The molecule has 0 radical (unpaired) electrons. The molecule has 45 heavy (non-hydrogen) atoms. The third kappa shape index (κ3) is 19.3. The van der Waals surface area contributed by atoms with Crippen molar-refractivity contribution in [2.75, 3.05) is 18.5 Å². The molecule has 0 aromatic heterocycles. The fourth-order valence-corrected chi connectivity index (χ4v) is 5.58. The number of ether oxygens (including phenoxy) is 2. The number of carbonyl (C=O) groups is 1. The Balaban J connectivity index is 1.58. The summed E-state index contributed by atoms with van der Waals surface area (Å²) >= 11 is 0. The van der Waals surface area contributed by atoms with E-state index in [1.54, 1.807) is 42.5 Å². The first kappa shape index (κ1) is 38.4. The molecule has 0 aliphatic carbocycles. The van der Waals surface area contributed by atoms with Crippen molar-refractivity contribution in [3.05, 3.63) is 64.3 Å². The molecule has 2 aromatic carbocycles. The number of nitrogens with one attached hydrogen (secondary N) is 1. The number of carbonyl (C=O) groups excluding carboxylic acids is 1. The second kappa shape index (κ2) is 26.4. The molecule has 1 N–H and O–H groups in total. The molecule has 0 bridgehead atoms. The molecule has 5 heteroatoms. The summed E-state index contributed by atoms with van der Waals surface area (Å²) in [6.07, 6.45) is 28.9. The Morgan fingerprint density at radius 2 is 1.02 bits per heavy atom. The second-order valence-electron chi connectivity index (χ2n) is 12.6. The second-order valence-corrected chi connectivity index (χ2v) is 12.6. The van der Waals surface area contributed by atoms with Crippen LogP contribution in [0.25, 0.3) is 0 Å². The Morgan fingerprint density at radius 3 is 1.56 bits per heavy atom. The average Bonchev–Trinajstić information content (AvgIpc) is 3.22. The van der Waals surface area contributed by atoms with Crippen LogP contribution in [0.2, 0.25) is 0 Å². The fraction of sp³-hybridized carbons (Fsp3) is 0.650. The summed E-state index contributed by atoms with van der Waals surface area (Å²) in [5.41, 5.74) is 0.914. The van der Waals surface area contributed by atoms with Crippen LogP contribution in [0.3, 0.4) is 0 Å². The summed E-state index contributed by atoms with van der Waals surface area (Å²) in [5, 5.41) is 3.40. The standard InChI is InChI=1S/C40H63NO4/c1-3-5-7-9-11-13-14-15-16-17-18-19-21-23-33-41-36-27-31-38(42)39(32-28-36)45-40(43)35-25-29-37(30-26-35)44-34-24-22-20-12-10-8-6-4-2/h25-32,41H,3-24,33-34H2,1-2H3. The maximum Gasteiger partial charge on any atom is 0.343 e. The number of hydrogen-bond acceptors (Lipinski definition) is 5. The molecule has 0 aliphatic rings. The lowest BCUT2D eigenvalue weighted by Gasteiger charge is -2.07. The fourth-order valence-electron chi connectivity index (χ4n) is 5.58. The van der Waals surface area contributed by atoms with E-state index in [1.807, 2.05) is 0 Å². The van der Waals surface area contributed by atoms with E-state index in [1.165, 1.54) is 134 Å². The lowest BCUT2D eigenvalue weighted by Crippen LogP contribution is -2.13. The van der Waals surface area contributed by atoms with Crippen LogP contribution >= 0.6 is 0 Å². The zero-order valence-corrected chi connectivity index (χ0v) is 28.7. The summed E-state index contributed by atoms with van der Waals surface area (Å²) in [7, 11) is 0. The summed E-state index contributed by atoms with van der Waals surface area (Å²) in [5.74, 6) is 0.212. The van der Waals surface area contributed by atoms with Gasteiger partial charge in [-0.1, -0.05) is 142 Å². The minimum Gasteiger partial charge on any atom is -0.494 e. The molecule has 0 atom stereocenters. The van der Waals surface area contributed by atoms with Crippen molar-refractivity contribution in [2.45, 2.75) is 155 Å². The number of esters is 1. The molecule has 0 unspecified atom stereocenters. The van der Waals surface area contributed by atoms with E-state index in [4.69, 9.17) is 9.47 Å². The number of benzene rings is 1. The maximum absolute atomic E-state index is 12.7. The van der Waals surface area contributed by atoms with Crippen molar-refractivity contribution in [2.24, 2.45) is 0 Å². The minimum atomic E-state index is -0.551. The van der Waals surface area contributed by atoms with Crippen LogP contribution < -0.4 is 20.2 Å². The van der Waals surface area contributed by atoms with Gasteiger partial charge in [-0.25, -0.2) is 4.79 Å². The molecule has 252 valence electrons. The third-order valence-electron chi connectivity index (χ3n) is 8.49. The highest BCUT2D eigenvalue weighted by molar-refractivity contribution is 5.91. The lowest BCUT2D eigenvalue weighted by atomic mass is 10.0. The Labute approximate surface area is 274 Å². The van der Waals surface area contributed by atoms with E-state index < -0.39 is 5.97 Å². The van der Waals surface area contributed by atoms with E-state index >= 15 is 0 Å². The zero-order chi connectivity index (χ0) is 32.2. The largest absolute Gasteiger partial charge is 0.494 e. The van der Waals surface area contributed by atoms with Crippen molar-refractivity contribution in [3.8, 4) is 11.5 Å². The highest BCUT2D eigenvalue weighted by atomic mass is 16.5. The van der Waals surface area contributed by atoms with Crippen molar-refractivity contribution >= 4 is 11.7 Å². The van der Waals surface area contributed by atoms with Crippen LogP contribution in [-0.2, 0) is 0 Å². The number of rotatable bonds is 28. The Morgan fingerprint density at radius 1 is 0.556 bits per heavy atom. The van der Waals surface area contributed by atoms with Gasteiger partial charge in [0.1, 0.15) is 5.75 Å². The molecule has 0 heterocycles. The highest BCUT2D eigenvalue weighted by Crippen LogP contribution is 2.17. The number of anilines is 1. The van der Waals surface area contributed by atoms with Crippen LogP contribution in [0.1, 0.15) is 165 Å². The third-order valence-corrected chi connectivity index (χ3v) is 8.49. The molecule has 0 saturated heterocycles. The van der Waals surface area contributed by atoms with Gasteiger partial charge in [0.15, 0.2) is 5.75 Å². The van der Waals surface area contributed by atoms with Crippen molar-refractivity contribution in [1.82, 2.24) is 0 Å². The summed E-state index contributed by atoms with van der Waals surface area (Å²) in [4.78, 5) is 25.2. The van der Waals surface area contributed by atoms with Gasteiger partial charge in [0.05, 0.1) is 12.2 Å². The quantitative estimate of drug-likeness (QED) is 0.0756. The average molecular weight is 622 g/mol. The van der Waals surface area contributed by atoms with Crippen LogP contribution in [0.4, 0.5) is 5.69 Å². The molecule has 0 spiro atoms. The van der Waals surface area contributed by atoms with E-state index in [9.17, 15) is 9.59 Å². The predicted molar refractivity (Wildman–Crippen MR) is 191 cm³/mol. The monoisotopic (exact) mass is 621 g/mol. The van der Waals surface area contributed by atoms with E-state index in [0.717, 1.165) is 30.8 Å². The predicted octanol–water partition coefficient (Wildman–Crippen LogP) is 11.7. The molecular weight excluding hydrogens is 558 g/mol. The molecule has 0 saturated carbocycles. The molecular formula is C40H63NO4. The van der Waals surface area contributed by atoms with Gasteiger partial charge in [-0.05, 0) is 61.4 Å². The van der Waals surface area contributed by atoms with Gasteiger partial charge < -0.3 is 14.8 Å². The van der Waals surface area contributed by atoms with Gasteiger partial charge in [-0.15, -0.1) is 0 Å². The first-order valence-corrected chi connectivity index (χ1v) is 18.5. The molecule has 5 nitrogen and oxygen atoms in total. The zero-order valence-electron chi connectivity index (χ0n) is 28.7. The van der Waals surface area contributed by atoms with Crippen molar-refractivity contribution in [3.63, 3.8) is 0 Å². The topological polar surface area (TPSA) is 64.6 Å². The van der Waals surface area contributed by atoms with Crippen molar-refractivity contribution in [1.29, 1.82) is 0 Å². The first-order valence-electron chi connectivity index (χ1n) is 18.5. The maximum atomic E-state index is 12.7. The molecule has 2 aromatic rings. The Bertz CT molecular complexity index is 1070. The van der Waals surface area contributed by atoms with Crippen LogP contribution in [-0.4, -0.2) is 19.1 Å². The smallest absolute Gasteiger partial charge is 0.343 e. The van der Waals surface area contributed by atoms with Crippen molar-refractivity contribution < 1.29 is 14.3 Å². The number of hydrogen-bond donors (Lipinski definition) is 1. The van der Waals surface area contributed by atoms with E-state index in [-0.39, 0.29) is 11.2 Å². The summed E-state index contributed by atoms with van der Waals surface area (Å²) in [6.45, 7) is 6.05. The van der Waals surface area contributed by atoms with Gasteiger partial charge >= 0.3 is 5.97 Å². The van der Waals surface area contributed by atoms with Gasteiger partial charge in [0.2, 0.25) is 5.43 Å². The Kier molecular flexibility index (Phi) is 22.5.